The summed E-state index contributed by atoms with van der Waals surface area (Å²) >= 11 is 0. The largest absolute Gasteiger partial charge is 0.0984 e. The highest BCUT2D eigenvalue weighted by Crippen LogP contribution is 2.34. The molecule has 112 valence electrons. The molecule has 3 rings (SSSR count). The summed E-state index contributed by atoms with van der Waals surface area (Å²) in [6, 6.07) is 29.5. The van der Waals surface area contributed by atoms with Crippen LogP contribution in [0.4, 0.5) is 0 Å². The SMILES string of the molecule is C=CC(=C(c1ccccc1)c1ccccc1)c1ccccc1C. The zero-order valence-corrected chi connectivity index (χ0v) is 13.4. The van der Waals surface area contributed by atoms with Gasteiger partial charge in [0.15, 0.2) is 0 Å². The van der Waals surface area contributed by atoms with Crippen LogP contribution in [0.25, 0.3) is 11.1 Å². The van der Waals surface area contributed by atoms with E-state index in [1.807, 2.05) is 18.2 Å². The van der Waals surface area contributed by atoms with E-state index in [9.17, 15) is 0 Å². The fraction of sp³-hybridized carbons (Fsp3) is 0.0435. The molecule has 0 saturated carbocycles. The number of rotatable bonds is 4. The van der Waals surface area contributed by atoms with Crippen molar-refractivity contribution in [1.82, 2.24) is 0 Å². The lowest BCUT2D eigenvalue weighted by Gasteiger charge is -2.16. The fourth-order valence-corrected chi connectivity index (χ4v) is 2.91. The summed E-state index contributed by atoms with van der Waals surface area (Å²) in [5, 5.41) is 0. The quantitative estimate of drug-likeness (QED) is 0.400. The Kier molecular flexibility index (Phi) is 4.54. The monoisotopic (exact) mass is 296 g/mol. The van der Waals surface area contributed by atoms with Crippen LogP contribution in [0, 0.1) is 6.92 Å². The molecule has 0 aliphatic heterocycles. The van der Waals surface area contributed by atoms with Crippen molar-refractivity contribution in [1.29, 1.82) is 0 Å². The van der Waals surface area contributed by atoms with E-state index in [1.165, 1.54) is 33.4 Å². The normalized spacial score (nSPS) is 10.1. The van der Waals surface area contributed by atoms with Crippen molar-refractivity contribution in [3.8, 4) is 0 Å². The molecule has 0 radical (unpaired) electrons. The van der Waals surface area contributed by atoms with E-state index in [2.05, 4.69) is 86.3 Å². The van der Waals surface area contributed by atoms with Gasteiger partial charge < -0.3 is 0 Å². The first-order valence-corrected chi connectivity index (χ1v) is 7.85. The van der Waals surface area contributed by atoms with Crippen molar-refractivity contribution < 1.29 is 0 Å². The fourth-order valence-electron chi connectivity index (χ4n) is 2.91. The second kappa shape index (κ2) is 6.93. The van der Waals surface area contributed by atoms with Gasteiger partial charge in [-0.3, -0.25) is 0 Å². The summed E-state index contributed by atoms with van der Waals surface area (Å²) in [5.41, 5.74) is 7.28. The van der Waals surface area contributed by atoms with Crippen molar-refractivity contribution in [2.45, 2.75) is 6.92 Å². The van der Waals surface area contributed by atoms with Gasteiger partial charge in [0.05, 0.1) is 0 Å². The van der Waals surface area contributed by atoms with Gasteiger partial charge in [0, 0.05) is 0 Å². The van der Waals surface area contributed by atoms with Gasteiger partial charge in [-0.15, -0.1) is 0 Å². The smallest absolute Gasteiger partial charge is 0.00330 e. The van der Waals surface area contributed by atoms with Crippen LogP contribution in [0.15, 0.2) is 97.6 Å². The maximum absolute atomic E-state index is 4.09. The average Bonchev–Trinajstić information content (AvgIpc) is 2.62. The molecule has 23 heavy (non-hydrogen) atoms. The van der Waals surface area contributed by atoms with E-state index in [0.29, 0.717) is 0 Å². The highest BCUT2D eigenvalue weighted by Gasteiger charge is 2.12. The van der Waals surface area contributed by atoms with Crippen LogP contribution in [-0.4, -0.2) is 0 Å². The highest BCUT2D eigenvalue weighted by atomic mass is 14.2. The summed E-state index contributed by atoms with van der Waals surface area (Å²) in [7, 11) is 0. The third kappa shape index (κ3) is 3.17. The highest BCUT2D eigenvalue weighted by molar-refractivity contribution is 6.02. The first-order valence-electron chi connectivity index (χ1n) is 7.85. The molecule has 3 aromatic carbocycles. The molecular weight excluding hydrogens is 276 g/mol. The van der Waals surface area contributed by atoms with Crippen molar-refractivity contribution in [3.63, 3.8) is 0 Å². The van der Waals surface area contributed by atoms with Gasteiger partial charge in [0.2, 0.25) is 0 Å². The van der Waals surface area contributed by atoms with Gasteiger partial charge in [0.25, 0.3) is 0 Å². The van der Waals surface area contributed by atoms with Crippen LogP contribution in [0.3, 0.4) is 0 Å². The average molecular weight is 296 g/mol. The maximum atomic E-state index is 4.09. The molecule has 0 fully saturated rings. The Hall–Kier alpha value is -2.86. The molecule has 0 aromatic heterocycles. The Morgan fingerprint density at radius 3 is 1.65 bits per heavy atom. The number of hydrogen-bond donors (Lipinski definition) is 0. The Balaban J connectivity index is 2.33. The first kappa shape index (κ1) is 15.1. The number of hydrogen-bond acceptors (Lipinski definition) is 0. The summed E-state index contributed by atoms with van der Waals surface area (Å²) in [4.78, 5) is 0. The number of allylic oxidation sites excluding steroid dienone is 2. The molecule has 0 spiro atoms. The van der Waals surface area contributed by atoms with Crippen LogP contribution < -0.4 is 0 Å². The molecule has 0 atom stereocenters. The first-order chi connectivity index (χ1) is 11.3. The van der Waals surface area contributed by atoms with Gasteiger partial charge in [-0.2, -0.15) is 0 Å². The van der Waals surface area contributed by atoms with Crippen molar-refractivity contribution in [2.75, 3.05) is 0 Å². The van der Waals surface area contributed by atoms with E-state index >= 15 is 0 Å². The summed E-state index contributed by atoms with van der Waals surface area (Å²) in [5.74, 6) is 0. The van der Waals surface area contributed by atoms with Gasteiger partial charge in [-0.25, -0.2) is 0 Å². The molecule has 0 N–H and O–H groups in total. The van der Waals surface area contributed by atoms with Crippen molar-refractivity contribution in [3.05, 3.63) is 120 Å². The minimum atomic E-state index is 1.17. The minimum Gasteiger partial charge on any atom is -0.0984 e. The van der Waals surface area contributed by atoms with Gasteiger partial charge in [-0.05, 0) is 40.3 Å². The van der Waals surface area contributed by atoms with Crippen molar-refractivity contribution >= 4 is 11.1 Å². The molecule has 0 aliphatic carbocycles. The standard InChI is InChI=1S/C23H20/c1-3-21(22-17-11-10-12-18(22)2)23(19-13-6-4-7-14-19)20-15-8-5-9-16-20/h3-17H,1H2,2H3. The zero-order valence-electron chi connectivity index (χ0n) is 13.4. The van der Waals surface area contributed by atoms with Crippen LogP contribution in [0.5, 0.6) is 0 Å². The second-order valence-electron chi connectivity index (χ2n) is 5.54. The summed E-state index contributed by atoms with van der Waals surface area (Å²) < 4.78 is 0. The lowest BCUT2D eigenvalue weighted by Crippen LogP contribution is -1.95. The molecule has 0 nitrogen and oxygen atoms in total. The van der Waals surface area contributed by atoms with E-state index in [1.54, 1.807) is 0 Å². The lowest BCUT2D eigenvalue weighted by molar-refractivity contribution is 1.42. The second-order valence-corrected chi connectivity index (χ2v) is 5.54. The summed E-state index contributed by atoms with van der Waals surface area (Å²) in [6.45, 7) is 6.24. The molecule has 3 aromatic rings. The van der Waals surface area contributed by atoms with E-state index in [4.69, 9.17) is 0 Å². The Morgan fingerprint density at radius 1 is 0.696 bits per heavy atom. The predicted molar refractivity (Wildman–Crippen MR) is 100 cm³/mol. The molecule has 0 heteroatoms. The molecule has 0 amide bonds. The van der Waals surface area contributed by atoms with Gasteiger partial charge in [-0.1, -0.05) is 97.6 Å². The Morgan fingerprint density at radius 2 is 1.17 bits per heavy atom. The molecule has 0 unspecified atom stereocenters. The molecule has 0 bridgehead atoms. The lowest BCUT2D eigenvalue weighted by atomic mass is 9.88. The molecule has 0 saturated heterocycles. The number of benzene rings is 3. The number of aryl methyl sites for hydroxylation is 1. The van der Waals surface area contributed by atoms with Crippen LogP contribution in [-0.2, 0) is 0 Å². The molecule has 0 heterocycles. The van der Waals surface area contributed by atoms with Gasteiger partial charge in [0.1, 0.15) is 0 Å². The van der Waals surface area contributed by atoms with Crippen molar-refractivity contribution in [2.24, 2.45) is 0 Å². The molecular formula is C23H20. The predicted octanol–water partition coefficient (Wildman–Crippen LogP) is 6.14. The molecule has 0 aliphatic rings. The maximum Gasteiger partial charge on any atom is -0.00330 e. The van der Waals surface area contributed by atoms with Crippen LogP contribution in [0.1, 0.15) is 22.3 Å². The van der Waals surface area contributed by atoms with Crippen LogP contribution >= 0.6 is 0 Å². The third-order valence-electron chi connectivity index (χ3n) is 4.03. The zero-order chi connectivity index (χ0) is 16.1. The topological polar surface area (TPSA) is 0 Å². The summed E-state index contributed by atoms with van der Waals surface area (Å²) in [6.07, 6.45) is 1.97. The van der Waals surface area contributed by atoms with Gasteiger partial charge >= 0.3 is 0 Å². The van der Waals surface area contributed by atoms with E-state index in [0.717, 1.165) is 0 Å². The van der Waals surface area contributed by atoms with Crippen LogP contribution in [0.2, 0.25) is 0 Å². The minimum absolute atomic E-state index is 1.17. The third-order valence-corrected chi connectivity index (χ3v) is 4.03. The Bertz CT molecular complexity index is 783. The van der Waals surface area contributed by atoms with E-state index < -0.39 is 0 Å². The Labute approximate surface area is 138 Å². The van der Waals surface area contributed by atoms with E-state index in [-0.39, 0.29) is 0 Å².